The van der Waals surface area contributed by atoms with E-state index < -0.39 is 6.10 Å². The van der Waals surface area contributed by atoms with Gasteiger partial charge in [0.15, 0.2) is 11.5 Å². The second-order valence-electron chi connectivity index (χ2n) is 8.18. The predicted octanol–water partition coefficient (Wildman–Crippen LogP) is 1.31. The number of nitrogens with zero attached hydrogens (tertiary/aromatic N) is 1. The topological polar surface area (TPSA) is 76.1 Å². The van der Waals surface area contributed by atoms with Gasteiger partial charge in [-0.2, -0.15) is 0 Å². The molecule has 3 heterocycles. The number of Topliss-reactive ketones (excluding diaryl/α,β-unsaturated/α-hetero) is 1. The van der Waals surface area contributed by atoms with Gasteiger partial charge in [-0.15, -0.1) is 0 Å². The quantitative estimate of drug-likeness (QED) is 0.624. The van der Waals surface area contributed by atoms with Gasteiger partial charge in [0.25, 0.3) is 5.91 Å². The molecule has 2 aliphatic heterocycles. The molecule has 0 saturated carbocycles. The molecule has 0 spiro atoms. The third-order valence-electron chi connectivity index (χ3n) is 6.36. The molecule has 7 heteroatoms. The van der Waals surface area contributed by atoms with E-state index in [9.17, 15) is 9.59 Å². The molecule has 7 nitrogen and oxygen atoms in total. The second-order valence-corrected chi connectivity index (χ2v) is 8.18. The van der Waals surface area contributed by atoms with Crippen molar-refractivity contribution in [2.45, 2.75) is 19.1 Å². The number of ether oxygens (including phenoxy) is 2. The van der Waals surface area contributed by atoms with Crippen LogP contribution in [0.3, 0.4) is 0 Å². The number of aromatic amines is 1. The lowest BCUT2D eigenvalue weighted by Gasteiger charge is -2.37. The van der Waals surface area contributed by atoms with E-state index in [4.69, 9.17) is 9.47 Å². The van der Waals surface area contributed by atoms with Gasteiger partial charge in [0.1, 0.15) is 12.6 Å². The zero-order chi connectivity index (χ0) is 21.4. The fraction of sp³-hybridized carbons (Fsp3) is 0.333. The standard InChI is InChI=1S/C24H25N3O4/c1-16(23(28)18-14-25-19-7-3-2-6-17(18)19)26-10-12-27(13-11-26)24(29)22-15-30-20-8-4-5-9-21(20)31-22/h2-9,14,16,22,25H,10-13,15H2,1H3/p+1/t16-,22-/m0/s1. The summed E-state index contributed by atoms with van der Waals surface area (Å²) in [4.78, 5) is 32.3. The number of quaternary nitrogens is 1. The third-order valence-corrected chi connectivity index (χ3v) is 6.36. The Morgan fingerprint density at radius 1 is 1.06 bits per heavy atom. The highest BCUT2D eigenvalue weighted by atomic mass is 16.6. The number of nitrogens with one attached hydrogen (secondary N) is 2. The van der Waals surface area contributed by atoms with Gasteiger partial charge in [0.05, 0.1) is 26.2 Å². The van der Waals surface area contributed by atoms with Crippen LogP contribution in [0.25, 0.3) is 10.9 Å². The second kappa shape index (κ2) is 8.07. The first-order chi connectivity index (χ1) is 15.1. The Hall–Kier alpha value is -3.32. The van der Waals surface area contributed by atoms with Gasteiger partial charge in [0, 0.05) is 22.7 Å². The summed E-state index contributed by atoms with van der Waals surface area (Å²) in [6.45, 7) is 4.85. The van der Waals surface area contributed by atoms with Crippen molar-refractivity contribution in [3.8, 4) is 11.5 Å². The molecule has 3 aromatic rings. The maximum absolute atomic E-state index is 13.1. The maximum atomic E-state index is 13.1. The van der Waals surface area contributed by atoms with Gasteiger partial charge in [0.2, 0.25) is 11.9 Å². The lowest BCUT2D eigenvalue weighted by Crippen LogP contribution is -3.18. The number of ketones is 1. The monoisotopic (exact) mass is 420 g/mol. The van der Waals surface area contributed by atoms with Gasteiger partial charge >= 0.3 is 0 Å². The number of piperazine rings is 1. The Morgan fingerprint density at radius 3 is 2.58 bits per heavy atom. The lowest BCUT2D eigenvalue weighted by atomic mass is 10.0. The van der Waals surface area contributed by atoms with Crippen molar-refractivity contribution >= 4 is 22.6 Å². The summed E-state index contributed by atoms with van der Waals surface area (Å²) < 4.78 is 11.6. The number of carbonyl (C=O) groups is 2. The molecule has 160 valence electrons. The van der Waals surface area contributed by atoms with E-state index >= 15 is 0 Å². The van der Waals surface area contributed by atoms with Crippen molar-refractivity contribution in [3.63, 3.8) is 0 Å². The van der Waals surface area contributed by atoms with Crippen LogP contribution in [0.4, 0.5) is 0 Å². The minimum absolute atomic E-state index is 0.0517. The molecular weight excluding hydrogens is 394 g/mol. The number of H-pyrrole nitrogens is 1. The summed E-state index contributed by atoms with van der Waals surface area (Å²) in [6, 6.07) is 15.1. The van der Waals surface area contributed by atoms with Crippen LogP contribution in [-0.4, -0.2) is 66.5 Å². The molecule has 1 fully saturated rings. The normalized spacial score (nSPS) is 19.9. The summed E-state index contributed by atoms with van der Waals surface area (Å²) >= 11 is 0. The number of para-hydroxylation sites is 3. The Kier molecular flexibility index (Phi) is 5.11. The van der Waals surface area contributed by atoms with Crippen LogP contribution < -0.4 is 14.4 Å². The molecule has 0 radical (unpaired) electrons. The molecule has 31 heavy (non-hydrogen) atoms. The molecule has 0 aliphatic carbocycles. The van der Waals surface area contributed by atoms with E-state index in [1.54, 1.807) is 6.20 Å². The molecule has 2 atom stereocenters. The number of fused-ring (bicyclic) bond motifs is 2. The lowest BCUT2D eigenvalue weighted by molar-refractivity contribution is -0.917. The van der Waals surface area contributed by atoms with E-state index in [0.29, 0.717) is 24.6 Å². The molecule has 2 aliphatic rings. The van der Waals surface area contributed by atoms with E-state index in [1.807, 2.05) is 60.4 Å². The summed E-state index contributed by atoms with van der Waals surface area (Å²) in [5.74, 6) is 1.36. The molecule has 0 unspecified atom stereocenters. The molecule has 1 saturated heterocycles. The van der Waals surface area contributed by atoms with Crippen LogP contribution >= 0.6 is 0 Å². The predicted molar refractivity (Wildman–Crippen MR) is 116 cm³/mol. The van der Waals surface area contributed by atoms with E-state index in [1.165, 1.54) is 4.90 Å². The van der Waals surface area contributed by atoms with Crippen molar-refractivity contribution in [1.29, 1.82) is 0 Å². The van der Waals surface area contributed by atoms with Crippen LogP contribution in [0.1, 0.15) is 17.3 Å². The summed E-state index contributed by atoms with van der Waals surface area (Å²) in [5.41, 5.74) is 1.71. The Labute approximate surface area is 180 Å². The molecule has 2 aromatic carbocycles. The van der Waals surface area contributed by atoms with Crippen LogP contribution in [0.15, 0.2) is 54.7 Å². The summed E-state index contributed by atoms with van der Waals surface area (Å²) in [5, 5.41) is 0.960. The van der Waals surface area contributed by atoms with Crippen molar-refractivity contribution in [1.82, 2.24) is 9.88 Å². The SMILES string of the molecule is C[C@@H](C(=O)c1c[nH]c2ccccc12)[NH+]1CCN(C(=O)[C@@H]2COc3ccccc3O2)CC1. The maximum Gasteiger partial charge on any atom is 0.267 e. The average molecular weight is 420 g/mol. The van der Waals surface area contributed by atoms with Gasteiger partial charge in [-0.05, 0) is 25.1 Å². The fourth-order valence-electron chi connectivity index (χ4n) is 4.49. The minimum atomic E-state index is -0.623. The van der Waals surface area contributed by atoms with Gasteiger partial charge in [-0.1, -0.05) is 30.3 Å². The third kappa shape index (κ3) is 3.65. The zero-order valence-electron chi connectivity index (χ0n) is 17.5. The van der Waals surface area contributed by atoms with Crippen LogP contribution in [-0.2, 0) is 4.79 Å². The number of benzene rings is 2. The van der Waals surface area contributed by atoms with Crippen LogP contribution in [0, 0.1) is 0 Å². The Morgan fingerprint density at radius 2 is 1.77 bits per heavy atom. The molecule has 2 N–H and O–H groups in total. The average Bonchev–Trinajstić information content (AvgIpc) is 3.26. The van der Waals surface area contributed by atoms with Crippen LogP contribution in [0.2, 0.25) is 0 Å². The first-order valence-corrected chi connectivity index (χ1v) is 10.7. The first-order valence-electron chi connectivity index (χ1n) is 10.7. The van der Waals surface area contributed by atoms with E-state index in [-0.39, 0.29) is 24.3 Å². The number of rotatable bonds is 4. The number of carbonyl (C=O) groups excluding carboxylic acids is 2. The highest BCUT2D eigenvalue weighted by Gasteiger charge is 2.36. The van der Waals surface area contributed by atoms with E-state index in [0.717, 1.165) is 29.6 Å². The number of hydrogen-bond acceptors (Lipinski definition) is 4. The summed E-state index contributed by atoms with van der Waals surface area (Å²) in [7, 11) is 0. The highest BCUT2D eigenvalue weighted by Crippen LogP contribution is 2.31. The van der Waals surface area contributed by atoms with Gasteiger partial charge in [-0.25, -0.2) is 0 Å². The summed E-state index contributed by atoms with van der Waals surface area (Å²) in [6.07, 6.45) is 1.18. The molecular formula is C24H26N3O4+. The van der Waals surface area contributed by atoms with Crippen molar-refractivity contribution in [2.75, 3.05) is 32.8 Å². The van der Waals surface area contributed by atoms with Gasteiger partial charge in [-0.3, -0.25) is 9.59 Å². The van der Waals surface area contributed by atoms with Crippen LogP contribution in [0.5, 0.6) is 11.5 Å². The Balaban J connectivity index is 1.20. The van der Waals surface area contributed by atoms with Gasteiger partial charge < -0.3 is 24.3 Å². The molecule has 1 aromatic heterocycles. The minimum Gasteiger partial charge on any atom is -0.485 e. The fourth-order valence-corrected chi connectivity index (χ4v) is 4.49. The number of hydrogen-bond donors (Lipinski definition) is 2. The van der Waals surface area contributed by atoms with Crippen molar-refractivity contribution in [2.24, 2.45) is 0 Å². The molecule has 0 bridgehead atoms. The highest BCUT2D eigenvalue weighted by molar-refractivity contribution is 6.09. The van der Waals surface area contributed by atoms with E-state index in [2.05, 4.69) is 4.98 Å². The largest absolute Gasteiger partial charge is 0.485 e. The van der Waals surface area contributed by atoms with Crippen molar-refractivity contribution < 1.29 is 24.0 Å². The first kappa shape index (κ1) is 19.6. The zero-order valence-corrected chi connectivity index (χ0v) is 17.5. The number of aromatic nitrogens is 1. The number of amides is 1. The van der Waals surface area contributed by atoms with Crippen molar-refractivity contribution in [3.05, 3.63) is 60.3 Å². The smallest absolute Gasteiger partial charge is 0.267 e. The Bertz CT molecular complexity index is 1120. The molecule has 5 rings (SSSR count). The molecule has 1 amide bonds.